The summed E-state index contributed by atoms with van der Waals surface area (Å²) in [6, 6.07) is 6.54. The Kier molecular flexibility index (Phi) is 4.12. The Morgan fingerprint density at radius 3 is 2.48 bits per heavy atom. The first kappa shape index (κ1) is 16.8. The van der Waals surface area contributed by atoms with Crippen LogP contribution >= 0.6 is 0 Å². The van der Waals surface area contributed by atoms with Crippen LogP contribution in [0.3, 0.4) is 0 Å². The van der Waals surface area contributed by atoms with E-state index in [9.17, 15) is 14.3 Å². The van der Waals surface area contributed by atoms with E-state index in [1.807, 2.05) is 13.8 Å². The largest absolute Gasteiger partial charge is 0.478 e. The van der Waals surface area contributed by atoms with Crippen LogP contribution in [0.15, 0.2) is 28.8 Å². The molecule has 0 radical (unpaired) electrons. The molecule has 0 bridgehead atoms. The molecule has 0 spiro atoms. The average Bonchev–Trinajstić information content (AvgIpc) is 3.06. The van der Waals surface area contributed by atoms with Gasteiger partial charge in [0.25, 0.3) is 5.89 Å². The number of nitrogens with zero attached hydrogens (tertiary/aromatic N) is 2. The third kappa shape index (κ3) is 2.91. The molecule has 0 aliphatic rings. The lowest BCUT2D eigenvalue weighted by atomic mass is 9.99. The highest BCUT2D eigenvalue weighted by molar-refractivity contribution is 5.90. The molecule has 3 aromatic rings. The lowest BCUT2D eigenvalue weighted by Crippen LogP contribution is -2.00. The highest BCUT2D eigenvalue weighted by atomic mass is 19.1. The van der Waals surface area contributed by atoms with Crippen molar-refractivity contribution in [1.82, 2.24) is 10.1 Å². The molecule has 2 aromatic carbocycles. The molecule has 0 aliphatic heterocycles. The molecule has 1 N–H and O–H groups in total. The summed E-state index contributed by atoms with van der Waals surface area (Å²) in [6.45, 7) is 7.16. The number of carboxylic acids is 1. The van der Waals surface area contributed by atoms with Crippen LogP contribution < -0.4 is 0 Å². The standard InChI is InChI=1S/C19H17FN2O3/c1-9-5-6-13(8-14(9)19(23)24)17-21-18(25-22-17)15-7-10(2)11(3)12(4)16(15)20/h5-8H,1-4H3,(H,23,24). The van der Waals surface area contributed by atoms with Gasteiger partial charge in [0.15, 0.2) is 0 Å². The lowest BCUT2D eigenvalue weighted by Gasteiger charge is -2.08. The molecule has 25 heavy (non-hydrogen) atoms. The monoisotopic (exact) mass is 340 g/mol. The number of rotatable bonds is 3. The van der Waals surface area contributed by atoms with Crippen molar-refractivity contribution in [1.29, 1.82) is 0 Å². The molecule has 0 fully saturated rings. The Balaban J connectivity index is 2.08. The molecule has 3 rings (SSSR count). The Labute approximate surface area is 144 Å². The van der Waals surface area contributed by atoms with Crippen molar-refractivity contribution in [2.24, 2.45) is 0 Å². The molecule has 6 heteroatoms. The van der Waals surface area contributed by atoms with Gasteiger partial charge >= 0.3 is 5.97 Å². The van der Waals surface area contributed by atoms with E-state index in [2.05, 4.69) is 10.1 Å². The molecule has 0 amide bonds. The summed E-state index contributed by atoms with van der Waals surface area (Å²) >= 11 is 0. The summed E-state index contributed by atoms with van der Waals surface area (Å²) in [4.78, 5) is 15.5. The van der Waals surface area contributed by atoms with Gasteiger partial charge in [0.05, 0.1) is 11.1 Å². The number of hydrogen-bond donors (Lipinski definition) is 1. The molecular weight excluding hydrogens is 323 g/mol. The van der Waals surface area contributed by atoms with Gasteiger partial charge in [0.1, 0.15) is 5.82 Å². The summed E-state index contributed by atoms with van der Waals surface area (Å²) in [7, 11) is 0. The van der Waals surface area contributed by atoms with E-state index in [0.717, 1.165) is 11.1 Å². The Morgan fingerprint density at radius 1 is 1.08 bits per heavy atom. The topological polar surface area (TPSA) is 76.2 Å². The number of carbonyl (C=O) groups is 1. The Morgan fingerprint density at radius 2 is 1.80 bits per heavy atom. The number of aryl methyl sites for hydroxylation is 2. The molecule has 1 aromatic heterocycles. The second-order valence-electron chi connectivity index (χ2n) is 6.06. The summed E-state index contributed by atoms with van der Waals surface area (Å²) in [5.41, 5.74) is 3.89. The zero-order valence-electron chi connectivity index (χ0n) is 14.3. The van der Waals surface area contributed by atoms with Crippen molar-refractivity contribution in [3.8, 4) is 22.8 Å². The molecule has 0 saturated carbocycles. The summed E-state index contributed by atoms with van der Waals surface area (Å²) in [6.07, 6.45) is 0. The average molecular weight is 340 g/mol. The highest BCUT2D eigenvalue weighted by Gasteiger charge is 2.19. The van der Waals surface area contributed by atoms with Crippen LogP contribution in [0.25, 0.3) is 22.8 Å². The smallest absolute Gasteiger partial charge is 0.335 e. The minimum atomic E-state index is -1.03. The van der Waals surface area contributed by atoms with Crippen molar-refractivity contribution in [2.45, 2.75) is 27.7 Å². The van der Waals surface area contributed by atoms with Crippen molar-refractivity contribution in [3.05, 3.63) is 57.9 Å². The SMILES string of the molecule is Cc1ccc(-c2noc(-c3cc(C)c(C)c(C)c3F)n2)cc1C(=O)O. The van der Waals surface area contributed by atoms with Crippen molar-refractivity contribution in [3.63, 3.8) is 0 Å². The van der Waals surface area contributed by atoms with Crippen LogP contribution in [0.5, 0.6) is 0 Å². The summed E-state index contributed by atoms with van der Waals surface area (Å²) in [5.74, 6) is -1.14. The number of aromatic carboxylic acids is 1. The number of benzene rings is 2. The Hall–Kier alpha value is -3.02. The van der Waals surface area contributed by atoms with Gasteiger partial charge < -0.3 is 9.63 Å². The second kappa shape index (κ2) is 6.12. The fraction of sp³-hybridized carbons (Fsp3) is 0.211. The van der Waals surface area contributed by atoms with Gasteiger partial charge in [-0.1, -0.05) is 17.3 Å². The van der Waals surface area contributed by atoms with Gasteiger partial charge in [-0.25, -0.2) is 9.18 Å². The second-order valence-corrected chi connectivity index (χ2v) is 6.06. The minimum Gasteiger partial charge on any atom is -0.478 e. The van der Waals surface area contributed by atoms with E-state index in [1.165, 1.54) is 6.07 Å². The van der Waals surface area contributed by atoms with Gasteiger partial charge in [0, 0.05) is 5.56 Å². The zero-order valence-corrected chi connectivity index (χ0v) is 14.3. The normalized spacial score (nSPS) is 10.9. The molecule has 128 valence electrons. The van der Waals surface area contributed by atoms with Crippen LogP contribution in [-0.4, -0.2) is 21.2 Å². The molecule has 1 heterocycles. The molecule has 0 aliphatic carbocycles. The van der Waals surface area contributed by atoms with E-state index < -0.39 is 11.8 Å². The number of carboxylic acid groups (broad SMARTS) is 1. The maximum absolute atomic E-state index is 14.6. The first-order valence-electron chi connectivity index (χ1n) is 7.74. The van der Waals surface area contributed by atoms with Crippen LogP contribution in [0, 0.1) is 33.5 Å². The third-order valence-corrected chi connectivity index (χ3v) is 4.46. The number of aromatic nitrogens is 2. The number of halogens is 1. The molecule has 5 nitrogen and oxygen atoms in total. The highest BCUT2D eigenvalue weighted by Crippen LogP contribution is 2.30. The zero-order chi connectivity index (χ0) is 18.3. The van der Waals surface area contributed by atoms with Gasteiger partial charge in [0.2, 0.25) is 5.82 Å². The van der Waals surface area contributed by atoms with Crippen molar-refractivity contribution in [2.75, 3.05) is 0 Å². The van der Waals surface area contributed by atoms with E-state index >= 15 is 0 Å². The maximum atomic E-state index is 14.6. The van der Waals surface area contributed by atoms with Crippen molar-refractivity contribution < 1.29 is 18.8 Å². The van der Waals surface area contributed by atoms with Crippen LogP contribution in [0.1, 0.15) is 32.6 Å². The van der Waals surface area contributed by atoms with Gasteiger partial charge in [-0.3, -0.25) is 0 Å². The fourth-order valence-electron chi connectivity index (χ4n) is 2.65. The molecule has 0 atom stereocenters. The first-order valence-corrected chi connectivity index (χ1v) is 7.74. The van der Waals surface area contributed by atoms with Gasteiger partial charge in [-0.2, -0.15) is 4.98 Å². The minimum absolute atomic E-state index is 0.0659. The van der Waals surface area contributed by atoms with Crippen molar-refractivity contribution >= 4 is 5.97 Å². The van der Waals surface area contributed by atoms with Gasteiger partial charge in [-0.15, -0.1) is 0 Å². The van der Waals surface area contributed by atoms with Crippen LogP contribution in [-0.2, 0) is 0 Å². The van der Waals surface area contributed by atoms with Gasteiger partial charge in [-0.05, 0) is 62.1 Å². The first-order chi connectivity index (χ1) is 11.8. The lowest BCUT2D eigenvalue weighted by molar-refractivity contribution is 0.0696. The molecule has 0 unspecified atom stereocenters. The van der Waals surface area contributed by atoms with E-state index in [0.29, 0.717) is 16.7 Å². The van der Waals surface area contributed by atoms with E-state index in [4.69, 9.17) is 4.52 Å². The Bertz CT molecular complexity index is 993. The van der Waals surface area contributed by atoms with Crippen LogP contribution in [0.2, 0.25) is 0 Å². The summed E-state index contributed by atoms with van der Waals surface area (Å²) in [5, 5.41) is 13.1. The van der Waals surface area contributed by atoms with Crippen LogP contribution in [0.4, 0.5) is 4.39 Å². The summed E-state index contributed by atoms with van der Waals surface area (Å²) < 4.78 is 19.8. The fourth-order valence-corrected chi connectivity index (χ4v) is 2.65. The van der Waals surface area contributed by atoms with E-state index in [1.54, 1.807) is 32.0 Å². The predicted octanol–water partition coefficient (Wildman–Crippen LogP) is 4.47. The third-order valence-electron chi connectivity index (χ3n) is 4.46. The quantitative estimate of drug-likeness (QED) is 0.761. The predicted molar refractivity (Wildman–Crippen MR) is 91.0 cm³/mol. The number of hydrogen-bond acceptors (Lipinski definition) is 4. The molecular formula is C19H17FN2O3. The van der Waals surface area contributed by atoms with E-state index in [-0.39, 0.29) is 22.8 Å². The maximum Gasteiger partial charge on any atom is 0.335 e. The molecule has 0 saturated heterocycles.